The number of aromatic carboxylic acids is 1. The molecule has 132 valence electrons. The highest BCUT2D eigenvalue weighted by atomic mass is 35.5. The second-order valence-electron chi connectivity index (χ2n) is 5.79. The number of hydrogen-bond acceptors (Lipinski definition) is 3. The number of amides is 1. The zero-order valence-electron chi connectivity index (χ0n) is 13.6. The average molecular weight is 371 g/mol. The fourth-order valence-electron chi connectivity index (χ4n) is 2.68. The number of carbonyl (C=O) groups excluding carboxylic acids is 1. The predicted molar refractivity (Wildman–Crippen MR) is 98.5 cm³/mol. The summed E-state index contributed by atoms with van der Waals surface area (Å²) < 4.78 is 0. The van der Waals surface area contributed by atoms with Gasteiger partial charge >= 0.3 is 5.97 Å². The molecule has 0 aliphatic rings. The Morgan fingerprint density at radius 1 is 1.12 bits per heavy atom. The van der Waals surface area contributed by atoms with Crippen LogP contribution in [0.1, 0.15) is 21.5 Å². The van der Waals surface area contributed by atoms with Gasteiger partial charge in [-0.1, -0.05) is 41.9 Å². The van der Waals surface area contributed by atoms with Gasteiger partial charge in [0.2, 0.25) is 5.91 Å². The summed E-state index contributed by atoms with van der Waals surface area (Å²) in [5, 5.41) is 12.7. The van der Waals surface area contributed by atoms with Crippen molar-refractivity contribution in [2.75, 3.05) is 0 Å². The van der Waals surface area contributed by atoms with Crippen LogP contribution in [0.3, 0.4) is 0 Å². The maximum Gasteiger partial charge on any atom is 0.341 e. The first-order valence-electron chi connectivity index (χ1n) is 7.83. The lowest BCUT2D eigenvalue weighted by Crippen LogP contribution is -2.25. The van der Waals surface area contributed by atoms with Crippen molar-refractivity contribution in [3.63, 3.8) is 0 Å². The van der Waals surface area contributed by atoms with Gasteiger partial charge in [-0.3, -0.25) is 9.59 Å². The summed E-state index contributed by atoms with van der Waals surface area (Å²) in [6.45, 7) is 0.387. The Labute approximate surface area is 153 Å². The average Bonchev–Trinajstić information content (AvgIpc) is 2.61. The number of carboxylic acid groups (broad SMARTS) is 1. The SMILES string of the molecule is O=C(Cc1cc(Cl)cc2cc(C(=O)O)c(=O)[nH]c12)NCc1ccccc1. The smallest absolute Gasteiger partial charge is 0.341 e. The number of nitrogens with one attached hydrogen (secondary N) is 2. The van der Waals surface area contributed by atoms with E-state index in [4.69, 9.17) is 16.7 Å². The van der Waals surface area contributed by atoms with Crippen molar-refractivity contribution in [1.82, 2.24) is 10.3 Å². The van der Waals surface area contributed by atoms with Gasteiger partial charge in [-0.25, -0.2) is 4.79 Å². The zero-order chi connectivity index (χ0) is 18.7. The molecule has 3 rings (SSSR count). The molecule has 0 bridgehead atoms. The van der Waals surface area contributed by atoms with Crippen molar-refractivity contribution in [1.29, 1.82) is 0 Å². The Kier molecular flexibility index (Phi) is 5.04. The number of pyridine rings is 1. The molecule has 0 fully saturated rings. The highest BCUT2D eigenvalue weighted by Gasteiger charge is 2.14. The van der Waals surface area contributed by atoms with Gasteiger partial charge in [0, 0.05) is 17.0 Å². The van der Waals surface area contributed by atoms with E-state index in [2.05, 4.69) is 10.3 Å². The lowest BCUT2D eigenvalue weighted by molar-refractivity contribution is -0.120. The summed E-state index contributed by atoms with van der Waals surface area (Å²) in [5.74, 6) is -1.56. The summed E-state index contributed by atoms with van der Waals surface area (Å²) in [7, 11) is 0. The van der Waals surface area contributed by atoms with E-state index in [-0.39, 0.29) is 17.9 Å². The molecule has 26 heavy (non-hydrogen) atoms. The Balaban J connectivity index is 1.87. The summed E-state index contributed by atoms with van der Waals surface area (Å²) in [6, 6.07) is 13.9. The number of H-pyrrole nitrogens is 1. The molecule has 7 heteroatoms. The van der Waals surface area contributed by atoms with Crippen molar-refractivity contribution in [2.45, 2.75) is 13.0 Å². The lowest BCUT2D eigenvalue weighted by atomic mass is 10.0. The first-order valence-corrected chi connectivity index (χ1v) is 8.21. The van der Waals surface area contributed by atoms with Crippen molar-refractivity contribution in [3.05, 3.63) is 80.6 Å². The van der Waals surface area contributed by atoms with E-state index in [1.54, 1.807) is 12.1 Å². The van der Waals surface area contributed by atoms with E-state index in [0.29, 0.717) is 28.0 Å². The third-order valence-corrected chi connectivity index (χ3v) is 4.13. The monoisotopic (exact) mass is 370 g/mol. The van der Waals surface area contributed by atoms with E-state index in [1.165, 1.54) is 6.07 Å². The fourth-order valence-corrected chi connectivity index (χ4v) is 2.93. The minimum absolute atomic E-state index is 0.00620. The van der Waals surface area contributed by atoms with Crippen LogP contribution in [0.5, 0.6) is 0 Å². The highest BCUT2D eigenvalue weighted by Crippen LogP contribution is 2.23. The zero-order valence-corrected chi connectivity index (χ0v) is 14.3. The molecular weight excluding hydrogens is 356 g/mol. The predicted octanol–water partition coefficient (Wildman–Crippen LogP) is 2.74. The summed E-state index contributed by atoms with van der Waals surface area (Å²) in [6.07, 6.45) is 0.00620. The quantitative estimate of drug-likeness (QED) is 0.643. The van der Waals surface area contributed by atoms with Crippen LogP contribution >= 0.6 is 11.6 Å². The minimum atomic E-state index is -1.32. The number of rotatable bonds is 5. The molecule has 0 aliphatic carbocycles. The molecule has 6 nitrogen and oxygen atoms in total. The molecule has 2 aromatic carbocycles. The summed E-state index contributed by atoms with van der Waals surface area (Å²) >= 11 is 6.08. The van der Waals surface area contributed by atoms with E-state index >= 15 is 0 Å². The number of fused-ring (bicyclic) bond motifs is 1. The van der Waals surface area contributed by atoms with Gasteiger partial charge < -0.3 is 15.4 Å². The van der Waals surface area contributed by atoms with Gasteiger partial charge in [-0.15, -0.1) is 0 Å². The normalized spacial score (nSPS) is 10.7. The topological polar surface area (TPSA) is 99.3 Å². The molecule has 1 aromatic heterocycles. The van der Waals surface area contributed by atoms with Crippen LogP contribution in [-0.4, -0.2) is 22.0 Å². The minimum Gasteiger partial charge on any atom is -0.477 e. The molecule has 1 heterocycles. The van der Waals surface area contributed by atoms with Crippen molar-refractivity contribution in [2.24, 2.45) is 0 Å². The van der Waals surface area contributed by atoms with Crippen molar-refractivity contribution < 1.29 is 14.7 Å². The number of aromatic nitrogens is 1. The summed E-state index contributed by atoms with van der Waals surface area (Å²) in [5.41, 5.74) is 0.792. The Morgan fingerprint density at radius 3 is 2.54 bits per heavy atom. The largest absolute Gasteiger partial charge is 0.477 e. The van der Waals surface area contributed by atoms with E-state index in [1.807, 2.05) is 30.3 Å². The molecule has 3 aromatic rings. The van der Waals surface area contributed by atoms with Crippen LogP contribution in [0.15, 0.2) is 53.3 Å². The van der Waals surface area contributed by atoms with Gasteiger partial charge in [0.15, 0.2) is 0 Å². The van der Waals surface area contributed by atoms with Gasteiger partial charge in [0.1, 0.15) is 5.56 Å². The standard InChI is InChI=1S/C19H15ClN2O4/c20-14-6-12-8-15(19(25)26)18(24)22-17(12)13(7-14)9-16(23)21-10-11-4-2-1-3-5-11/h1-8H,9-10H2,(H,21,23)(H,22,24)(H,25,26). The van der Waals surface area contributed by atoms with Crippen LogP contribution in [-0.2, 0) is 17.8 Å². The maximum absolute atomic E-state index is 12.3. The van der Waals surface area contributed by atoms with Crippen molar-refractivity contribution in [3.8, 4) is 0 Å². The molecule has 0 saturated carbocycles. The molecule has 1 amide bonds. The number of carboxylic acids is 1. The van der Waals surface area contributed by atoms with Crippen LogP contribution in [0.25, 0.3) is 10.9 Å². The molecule has 0 atom stereocenters. The number of halogens is 1. The molecule has 3 N–H and O–H groups in total. The van der Waals surface area contributed by atoms with Crippen LogP contribution in [0.2, 0.25) is 5.02 Å². The summed E-state index contributed by atoms with van der Waals surface area (Å²) in [4.78, 5) is 37.9. The third-order valence-electron chi connectivity index (χ3n) is 3.91. The molecule has 0 spiro atoms. The van der Waals surface area contributed by atoms with Gasteiger partial charge in [-0.2, -0.15) is 0 Å². The van der Waals surface area contributed by atoms with Crippen LogP contribution in [0.4, 0.5) is 0 Å². The number of benzene rings is 2. The lowest BCUT2D eigenvalue weighted by Gasteiger charge is -2.09. The molecule has 0 saturated heterocycles. The van der Waals surface area contributed by atoms with Crippen LogP contribution < -0.4 is 10.9 Å². The Bertz CT molecular complexity index is 1040. The second-order valence-corrected chi connectivity index (χ2v) is 6.22. The molecular formula is C19H15ClN2O4. The third kappa shape index (κ3) is 3.92. The van der Waals surface area contributed by atoms with Gasteiger partial charge in [-0.05, 0) is 29.3 Å². The van der Waals surface area contributed by atoms with Crippen molar-refractivity contribution >= 4 is 34.4 Å². The van der Waals surface area contributed by atoms with Crippen LogP contribution in [0, 0.1) is 0 Å². The number of carbonyl (C=O) groups is 2. The van der Waals surface area contributed by atoms with Gasteiger partial charge in [0.05, 0.1) is 11.9 Å². The Morgan fingerprint density at radius 2 is 1.85 bits per heavy atom. The fraction of sp³-hybridized carbons (Fsp3) is 0.105. The van der Waals surface area contributed by atoms with E-state index < -0.39 is 11.5 Å². The van der Waals surface area contributed by atoms with Gasteiger partial charge in [0.25, 0.3) is 5.56 Å². The number of aromatic amines is 1. The first-order chi connectivity index (χ1) is 12.4. The Hall–Kier alpha value is -3.12. The molecule has 0 radical (unpaired) electrons. The highest BCUT2D eigenvalue weighted by molar-refractivity contribution is 6.31. The van der Waals surface area contributed by atoms with E-state index in [0.717, 1.165) is 5.56 Å². The molecule has 0 unspecified atom stereocenters. The van der Waals surface area contributed by atoms with E-state index in [9.17, 15) is 14.4 Å². The maximum atomic E-state index is 12.3. The second kappa shape index (κ2) is 7.41. The first kappa shape index (κ1) is 17.7. The number of hydrogen-bond donors (Lipinski definition) is 3. The molecule has 0 aliphatic heterocycles.